The van der Waals surface area contributed by atoms with Gasteiger partial charge in [-0.3, -0.25) is 0 Å². The summed E-state index contributed by atoms with van der Waals surface area (Å²) in [5, 5.41) is 10.0. The minimum Gasteiger partial charge on any atom is -0.427 e. The van der Waals surface area contributed by atoms with E-state index in [-0.39, 0.29) is 0 Å². The van der Waals surface area contributed by atoms with Crippen LogP contribution in [0.2, 0.25) is 0 Å². The molecule has 0 aromatic heterocycles. The van der Waals surface area contributed by atoms with E-state index in [1.807, 2.05) is 38.1 Å². The molecule has 0 amide bonds. The van der Waals surface area contributed by atoms with E-state index in [1.165, 1.54) is 0 Å². The van der Waals surface area contributed by atoms with Gasteiger partial charge in [-0.1, -0.05) is 29.7 Å². The van der Waals surface area contributed by atoms with Crippen LogP contribution in [0.25, 0.3) is 0 Å². The maximum atomic E-state index is 14.0. The van der Waals surface area contributed by atoms with Crippen molar-refractivity contribution in [2.75, 3.05) is 0 Å². The minimum atomic E-state index is -1.11. The van der Waals surface area contributed by atoms with Crippen LogP contribution in [-0.2, 0) is 10.3 Å². The molecule has 0 atom stereocenters. The van der Waals surface area contributed by atoms with Crippen LogP contribution < -0.4 is 5.46 Å². The molecule has 4 heteroatoms. The van der Waals surface area contributed by atoms with Gasteiger partial charge in [0.05, 0.1) is 11.2 Å². The Hall–Kier alpha value is -0.865. The first-order valence-electron chi connectivity index (χ1n) is 6.79. The lowest BCUT2D eigenvalue weighted by molar-refractivity contribution is -0.0893. The number of rotatable bonds is 5. The fraction of sp³-hybridized carbons (Fsp3) is 0.600. The molecule has 0 saturated heterocycles. The Labute approximate surface area is 115 Å². The first kappa shape index (κ1) is 14.5. The average Bonchev–Trinajstić information content (AvgIpc) is 3.05. The number of alkyl halides is 1. The van der Waals surface area contributed by atoms with Crippen LogP contribution in [0.1, 0.15) is 46.1 Å². The van der Waals surface area contributed by atoms with Gasteiger partial charge in [-0.05, 0) is 46.1 Å². The number of hydrogen-bond donors (Lipinski definition) is 1. The van der Waals surface area contributed by atoms with Crippen LogP contribution >= 0.6 is 0 Å². The fourth-order valence-corrected chi connectivity index (χ4v) is 1.78. The number of hydrogen-bond acceptors (Lipinski definition) is 2. The highest BCUT2D eigenvalue weighted by atomic mass is 19.1. The molecule has 104 valence electrons. The van der Waals surface area contributed by atoms with Gasteiger partial charge >= 0.3 is 7.48 Å². The lowest BCUT2D eigenvalue weighted by atomic mass is 9.82. The average molecular weight is 264 g/mol. The second-order valence-electron chi connectivity index (χ2n) is 6.52. The summed E-state index contributed by atoms with van der Waals surface area (Å²) < 4.78 is 19.8. The Morgan fingerprint density at radius 1 is 1.26 bits per heavy atom. The van der Waals surface area contributed by atoms with Crippen molar-refractivity contribution in [1.29, 1.82) is 0 Å². The minimum absolute atomic E-state index is 0.376. The molecule has 1 aliphatic rings. The van der Waals surface area contributed by atoms with Gasteiger partial charge in [0.15, 0.2) is 0 Å². The Bertz CT molecular complexity index is 461. The second kappa shape index (κ2) is 4.60. The molecule has 0 bridgehead atoms. The maximum absolute atomic E-state index is 14.0. The van der Waals surface area contributed by atoms with E-state index in [0.717, 1.165) is 11.0 Å². The molecule has 19 heavy (non-hydrogen) atoms. The van der Waals surface area contributed by atoms with Crippen molar-refractivity contribution in [3.63, 3.8) is 0 Å². The van der Waals surface area contributed by atoms with Gasteiger partial charge in [-0.15, -0.1) is 0 Å². The van der Waals surface area contributed by atoms with Crippen molar-refractivity contribution in [2.24, 2.45) is 0 Å². The van der Waals surface area contributed by atoms with E-state index in [0.29, 0.717) is 20.3 Å². The number of benzene rings is 1. The Morgan fingerprint density at radius 3 is 2.42 bits per heavy atom. The topological polar surface area (TPSA) is 29.5 Å². The monoisotopic (exact) mass is 264 g/mol. The van der Waals surface area contributed by atoms with E-state index in [4.69, 9.17) is 4.65 Å². The third-order valence-corrected chi connectivity index (χ3v) is 4.21. The largest absolute Gasteiger partial charge is 0.427 e. The lowest BCUT2D eigenvalue weighted by Gasteiger charge is -2.37. The summed E-state index contributed by atoms with van der Waals surface area (Å²) in [5.41, 5.74) is -1.01. The van der Waals surface area contributed by atoms with Crippen LogP contribution in [0, 0.1) is 0 Å². The van der Waals surface area contributed by atoms with Gasteiger partial charge in [0.1, 0.15) is 5.67 Å². The van der Waals surface area contributed by atoms with Gasteiger partial charge in [0, 0.05) is 0 Å². The van der Waals surface area contributed by atoms with Crippen molar-refractivity contribution in [3.8, 4) is 0 Å². The van der Waals surface area contributed by atoms with E-state index >= 15 is 0 Å². The molecule has 1 aliphatic carbocycles. The van der Waals surface area contributed by atoms with Crippen LogP contribution in [0.4, 0.5) is 4.39 Å². The summed E-state index contributed by atoms with van der Waals surface area (Å²) in [7, 11) is 0.376. The van der Waals surface area contributed by atoms with E-state index in [2.05, 4.69) is 0 Å². The molecular weight excluding hydrogens is 242 g/mol. The van der Waals surface area contributed by atoms with Gasteiger partial charge in [0.2, 0.25) is 0 Å². The van der Waals surface area contributed by atoms with E-state index in [1.54, 1.807) is 13.8 Å². The smallest absolute Gasteiger partial charge is 0.309 e. The van der Waals surface area contributed by atoms with Crippen molar-refractivity contribution < 1.29 is 14.2 Å². The molecule has 1 fully saturated rings. The van der Waals surface area contributed by atoms with Crippen molar-refractivity contribution in [1.82, 2.24) is 0 Å². The second-order valence-corrected chi connectivity index (χ2v) is 6.52. The highest BCUT2D eigenvalue weighted by Gasteiger charge is 2.45. The highest BCUT2D eigenvalue weighted by molar-refractivity contribution is 6.47. The summed E-state index contributed by atoms with van der Waals surface area (Å²) in [4.78, 5) is 0. The lowest BCUT2D eigenvalue weighted by Crippen LogP contribution is -2.49. The molecule has 2 nitrogen and oxygen atoms in total. The molecular formula is C15H22BFO2. The molecule has 0 unspecified atom stereocenters. The molecule has 1 aromatic rings. The predicted octanol–water partition coefficient (Wildman–Crippen LogP) is 2.19. The third kappa shape index (κ3) is 3.18. The predicted molar refractivity (Wildman–Crippen MR) is 76.7 cm³/mol. The van der Waals surface area contributed by atoms with Crippen molar-refractivity contribution >= 4 is 12.9 Å². The Morgan fingerprint density at radius 2 is 1.89 bits per heavy atom. The standard InChI is InChI=1S/C15H22BFO2/c1-13(2,18)14(3,4)19-16-12-7-5-6-11(10-12)15(17)8-9-15/h5-7,10,16,18H,8-9H2,1-4H3. The van der Waals surface area contributed by atoms with Gasteiger partial charge in [0.25, 0.3) is 0 Å². The van der Waals surface area contributed by atoms with E-state index in [9.17, 15) is 9.50 Å². The Kier molecular flexibility index (Phi) is 3.52. The third-order valence-electron chi connectivity index (χ3n) is 4.21. The first-order valence-corrected chi connectivity index (χ1v) is 6.79. The van der Waals surface area contributed by atoms with Crippen LogP contribution in [0.15, 0.2) is 24.3 Å². The molecule has 0 radical (unpaired) electrons. The molecule has 1 saturated carbocycles. The summed E-state index contributed by atoms with van der Waals surface area (Å²) in [6.07, 6.45) is 1.24. The summed E-state index contributed by atoms with van der Waals surface area (Å²) in [6.45, 7) is 7.16. The van der Waals surface area contributed by atoms with Crippen LogP contribution in [0.5, 0.6) is 0 Å². The van der Waals surface area contributed by atoms with Crippen LogP contribution in [-0.4, -0.2) is 23.8 Å². The molecule has 1 N–H and O–H groups in total. The zero-order chi connectivity index (χ0) is 14.3. The van der Waals surface area contributed by atoms with Crippen LogP contribution in [0.3, 0.4) is 0 Å². The van der Waals surface area contributed by atoms with Gasteiger partial charge < -0.3 is 9.76 Å². The number of aliphatic hydroxyl groups is 1. The summed E-state index contributed by atoms with van der Waals surface area (Å²) in [6, 6.07) is 7.49. The summed E-state index contributed by atoms with van der Waals surface area (Å²) >= 11 is 0. The highest BCUT2D eigenvalue weighted by Crippen LogP contribution is 2.49. The fourth-order valence-electron chi connectivity index (χ4n) is 1.78. The normalized spacial score (nSPS) is 18.2. The quantitative estimate of drug-likeness (QED) is 0.826. The zero-order valence-electron chi connectivity index (χ0n) is 12.2. The van der Waals surface area contributed by atoms with Crippen molar-refractivity contribution in [3.05, 3.63) is 29.8 Å². The van der Waals surface area contributed by atoms with Crippen molar-refractivity contribution in [2.45, 2.75) is 57.4 Å². The molecule has 1 aromatic carbocycles. The number of halogens is 1. The maximum Gasteiger partial charge on any atom is 0.309 e. The molecule has 0 heterocycles. The van der Waals surface area contributed by atoms with Gasteiger partial charge in [-0.25, -0.2) is 4.39 Å². The molecule has 2 rings (SSSR count). The summed E-state index contributed by atoms with van der Waals surface area (Å²) in [5.74, 6) is 0. The molecule has 0 spiro atoms. The molecule has 0 aliphatic heterocycles. The van der Waals surface area contributed by atoms with Gasteiger partial charge in [-0.2, -0.15) is 0 Å². The SMILES string of the molecule is CC(C)(O)C(C)(C)OBc1cccc(C2(F)CC2)c1. The zero-order valence-corrected chi connectivity index (χ0v) is 12.2. The first-order chi connectivity index (χ1) is 8.64. The van der Waals surface area contributed by atoms with E-state index < -0.39 is 16.9 Å². The Balaban J connectivity index is 2.04.